The van der Waals surface area contributed by atoms with Crippen molar-refractivity contribution in [1.29, 1.82) is 0 Å². The molecule has 0 saturated heterocycles. The molecule has 3 nitrogen and oxygen atoms in total. The van der Waals surface area contributed by atoms with Crippen molar-refractivity contribution in [2.24, 2.45) is 0 Å². The van der Waals surface area contributed by atoms with Crippen LogP contribution in [0.4, 0.5) is 0 Å². The highest BCUT2D eigenvalue weighted by atomic mass is 16.3. The van der Waals surface area contributed by atoms with Gasteiger partial charge in [0, 0.05) is 32.8 Å². The van der Waals surface area contributed by atoms with Crippen LogP contribution in [0.15, 0.2) is 150 Å². The number of hydrogen-bond acceptors (Lipinski definition) is 1. The molecule has 0 radical (unpaired) electrons. The van der Waals surface area contributed by atoms with Gasteiger partial charge in [0.25, 0.3) is 0 Å². The quantitative estimate of drug-likeness (QED) is 0.225. The molecule has 0 unspecified atom stereocenters. The summed E-state index contributed by atoms with van der Waals surface area (Å²) in [5.74, 6) is 0. The number of furan rings is 1. The van der Waals surface area contributed by atoms with Crippen LogP contribution in [-0.4, -0.2) is 9.13 Å². The Labute approximate surface area is 236 Å². The van der Waals surface area contributed by atoms with E-state index in [0.29, 0.717) is 0 Å². The summed E-state index contributed by atoms with van der Waals surface area (Å²) in [6.07, 6.45) is 0. The van der Waals surface area contributed by atoms with Gasteiger partial charge in [-0.15, -0.1) is 0 Å². The lowest BCUT2D eigenvalue weighted by Gasteiger charge is -2.15. The second-order valence-corrected chi connectivity index (χ2v) is 10.6. The van der Waals surface area contributed by atoms with Crippen LogP contribution in [0.5, 0.6) is 0 Å². The van der Waals surface area contributed by atoms with Gasteiger partial charge < -0.3 is 8.98 Å². The molecule has 0 spiro atoms. The Morgan fingerprint density at radius 2 is 1.02 bits per heavy atom. The average Bonchev–Trinajstić information content (AvgIpc) is 3.68. The first kappa shape index (κ1) is 22.3. The van der Waals surface area contributed by atoms with Gasteiger partial charge in [0.05, 0.1) is 27.6 Å². The highest BCUT2D eigenvalue weighted by molar-refractivity contribution is 6.20. The summed E-state index contributed by atoms with van der Waals surface area (Å²) >= 11 is 0. The third kappa shape index (κ3) is 3.14. The van der Waals surface area contributed by atoms with E-state index < -0.39 is 0 Å². The van der Waals surface area contributed by atoms with E-state index in [1.54, 1.807) is 0 Å². The largest absolute Gasteiger partial charge is 0.439 e. The number of rotatable bonds is 3. The summed E-state index contributed by atoms with van der Waals surface area (Å²) in [4.78, 5) is 0. The lowest BCUT2D eigenvalue weighted by Crippen LogP contribution is -1.98. The first-order chi connectivity index (χ1) is 20.4. The predicted molar refractivity (Wildman–Crippen MR) is 170 cm³/mol. The molecule has 9 aromatic rings. The fraction of sp³-hybridized carbons (Fsp3) is 0. The summed E-state index contributed by atoms with van der Waals surface area (Å²) in [5.41, 5.74) is 9.90. The maximum atomic E-state index is 6.51. The maximum absolute atomic E-state index is 6.51. The van der Waals surface area contributed by atoms with Crippen LogP contribution in [-0.2, 0) is 0 Å². The van der Waals surface area contributed by atoms with E-state index in [-0.39, 0.29) is 0 Å². The molecule has 3 aromatic heterocycles. The second kappa shape index (κ2) is 8.48. The van der Waals surface area contributed by atoms with Crippen molar-refractivity contribution in [3.05, 3.63) is 146 Å². The molecule has 192 valence electrons. The Balaban J connectivity index is 1.31. The zero-order chi connectivity index (χ0) is 26.9. The number of nitrogens with zero attached hydrogens (tertiary/aromatic N) is 2. The number of benzene rings is 6. The number of para-hydroxylation sites is 5. The summed E-state index contributed by atoms with van der Waals surface area (Å²) in [7, 11) is 0. The molecule has 0 fully saturated rings. The minimum absolute atomic E-state index is 0.875. The molecule has 0 atom stereocenters. The van der Waals surface area contributed by atoms with Crippen molar-refractivity contribution in [3.63, 3.8) is 0 Å². The van der Waals surface area contributed by atoms with Crippen molar-refractivity contribution < 1.29 is 4.42 Å². The van der Waals surface area contributed by atoms with Gasteiger partial charge in [-0.25, -0.2) is 0 Å². The normalized spacial score (nSPS) is 11.9. The molecular formula is C38H24N2O. The second-order valence-electron chi connectivity index (χ2n) is 10.6. The number of aromatic nitrogens is 2. The molecule has 6 aromatic carbocycles. The van der Waals surface area contributed by atoms with Gasteiger partial charge in [0.15, 0.2) is 0 Å². The van der Waals surface area contributed by atoms with Gasteiger partial charge in [0.1, 0.15) is 5.58 Å². The maximum Gasteiger partial charge on any atom is 0.213 e. The van der Waals surface area contributed by atoms with Crippen LogP contribution in [0.3, 0.4) is 0 Å². The monoisotopic (exact) mass is 524 g/mol. The van der Waals surface area contributed by atoms with Gasteiger partial charge in [0.2, 0.25) is 5.71 Å². The summed E-state index contributed by atoms with van der Waals surface area (Å²) in [5, 5.41) is 6.02. The molecule has 3 heterocycles. The Hall–Kier alpha value is -5.54. The minimum Gasteiger partial charge on any atom is -0.439 e. The Morgan fingerprint density at radius 1 is 0.439 bits per heavy atom. The van der Waals surface area contributed by atoms with Crippen LogP contribution in [0.1, 0.15) is 0 Å². The molecule has 9 rings (SSSR count). The van der Waals surface area contributed by atoms with Gasteiger partial charge in [-0.1, -0.05) is 103 Å². The van der Waals surface area contributed by atoms with Crippen LogP contribution in [0.2, 0.25) is 0 Å². The van der Waals surface area contributed by atoms with E-state index in [2.05, 4.69) is 143 Å². The molecule has 0 aliphatic rings. The van der Waals surface area contributed by atoms with E-state index in [4.69, 9.17) is 4.42 Å². The Morgan fingerprint density at radius 3 is 1.78 bits per heavy atom. The van der Waals surface area contributed by atoms with Crippen molar-refractivity contribution in [3.8, 4) is 22.5 Å². The van der Waals surface area contributed by atoms with Gasteiger partial charge >= 0.3 is 0 Å². The molecule has 0 saturated carbocycles. The molecule has 41 heavy (non-hydrogen) atoms. The molecule has 0 aliphatic heterocycles. The SMILES string of the molecule is c1cc(-c2ccccc2-n2c3ccccc3c3ccccc32)cc(-n2c3ccccc3c3c4ccccc4oc32)c1. The number of fused-ring (bicyclic) bond motifs is 8. The first-order valence-electron chi connectivity index (χ1n) is 14.0. The summed E-state index contributed by atoms with van der Waals surface area (Å²) in [6.45, 7) is 0. The lowest BCUT2D eigenvalue weighted by molar-refractivity contribution is 0.645. The van der Waals surface area contributed by atoms with E-state index in [0.717, 1.165) is 44.5 Å². The van der Waals surface area contributed by atoms with Gasteiger partial charge in [-0.05, 0) is 48.0 Å². The van der Waals surface area contributed by atoms with Gasteiger partial charge in [-0.3, -0.25) is 4.57 Å². The molecular weight excluding hydrogens is 500 g/mol. The summed E-state index contributed by atoms with van der Waals surface area (Å²) in [6, 6.07) is 51.7. The molecule has 3 heteroatoms. The number of hydrogen-bond donors (Lipinski definition) is 0. The average molecular weight is 525 g/mol. The van der Waals surface area contributed by atoms with E-state index in [1.807, 2.05) is 12.1 Å². The van der Waals surface area contributed by atoms with Crippen LogP contribution in [0, 0.1) is 0 Å². The van der Waals surface area contributed by atoms with Crippen molar-refractivity contribution in [2.45, 2.75) is 0 Å². The lowest BCUT2D eigenvalue weighted by atomic mass is 10.0. The highest BCUT2D eigenvalue weighted by Gasteiger charge is 2.20. The zero-order valence-corrected chi connectivity index (χ0v) is 22.2. The standard InChI is InChI=1S/C38H24N2O/c1-6-19-32(40-33-20-7-2-15-28(33)29-16-3-8-21-34(29)40)27(14-1)25-12-11-13-26(24-25)39-35-22-9-4-17-30(35)37-31-18-5-10-23-36(31)41-38(37)39/h1-24H. The van der Waals surface area contributed by atoms with E-state index in [9.17, 15) is 0 Å². The zero-order valence-electron chi connectivity index (χ0n) is 22.2. The van der Waals surface area contributed by atoms with E-state index >= 15 is 0 Å². The molecule has 0 bridgehead atoms. The first-order valence-corrected chi connectivity index (χ1v) is 14.0. The van der Waals surface area contributed by atoms with Crippen LogP contribution >= 0.6 is 0 Å². The third-order valence-corrected chi connectivity index (χ3v) is 8.33. The van der Waals surface area contributed by atoms with Crippen molar-refractivity contribution in [2.75, 3.05) is 0 Å². The van der Waals surface area contributed by atoms with Crippen molar-refractivity contribution in [1.82, 2.24) is 9.13 Å². The highest BCUT2D eigenvalue weighted by Crippen LogP contribution is 2.40. The van der Waals surface area contributed by atoms with Crippen molar-refractivity contribution >= 4 is 54.8 Å². The molecule has 0 N–H and O–H groups in total. The topological polar surface area (TPSA) is 23.0 Å². The van der Waals surface area contributed by atoms with E-state index in [1.165, 1.54) is 32.8 Å². The fourth-order valence-electron chi connectivity index (χ4n) is 6.60. The minimum atomic E-state index is 0.875. The smallest absolute Gasteiger partial charge is 0.213 e. The van der Waals surface area contributed by atoms with Gasteiger partial charge in [-0.2, -0.15) is 0 Å². The van der Waals surface area contributed by atoms with Crippen LogP contribution in [0.25, 0.3) is 77.3 Å². The van der Waals surface area contributed by atoms with Crippen LogP contribution < -0.4 is 0 Å². The summed E-state index contributed by atoms with van der Waals surface area (Å²) < 4.78 is 11.2. The molecule has 0 aliphatic carbocycles. The Bertz CT molecular complexity index is 2380. The third-order valence-electron chi connectivity index (χ3n) is 8.33. The molecule has 0 amide bonds. The fourth-order valence-corrected chi connectivity index (χ4v) is 6.60. The predicted octanol–water partition coefficient (Wildman–Crippen LogP) is 10.3. The Kier molecular flexibility index (Phi) is 4.61.